The van der Waals surface area contributed by atoms with Gasteiger partial charge in [-0.3, -0.25) is 14.5 Å². The fourth-order valence-corrected chi connectivity index (χ4v) is 4.84. The maximum absolute atomic E-state index is 12.5. The second kappa shape index (κ2) is 8.44. The highest BCUT2D eigenvalue weighted by Crippen LogP contribution is 2.42. The van der Waals surface area contributed by atoms with Crippen molar-refractivity contribution in [3.8, 4) is 0 Å². The monoisotopic (exact) mass is 403 g/mol. The van der Waals surface area contributed by atoms with Crippen LogP contribution in [0.1, 0.15) is 45.4 Å². The van der Waals surface area contributed by atoms with E-state index in [1.54, 1.807) is 0 Å². The van der Waals surface area contributed by atoms with Gasteiger partial charge in [-0.2, -0.15) is 0 Å². The van der Waals surface area contributed by atoms with Crippen LogP contribution in [-0.4, -0.2) is 63.6 Å². The first-order valence-corrected chi connectivity index (χ1v) is 10.8. The lowest BCUT2D eigenvalue weighted by Crippen LogP contribution is -2.37. The van der Waals surface area contributed by atoms with E-state index in [1.165, 1.54) is 0 Å². The summed E-state index contributed by atoms with van der Waals surface area (Å²) >= 11 is 0. The first-order valence-electron chi connectivity index (χ1n) is 10.8. The lowest BCUT2D eigenvalue weighted by Gasteiger charge is -2.23. The molecule has 1 aromatic rings. The molecule has 0 aromatic carbocycles. The predicted molar refractivity (Wildman–Crippen MR) is 108 cm³/mol. The number of aromatic nitrogens is 2. The third kappa shape index (κ3) is 4.80. The van der Waals surface area contributed by atoms with Gasteiger partial charge in [0.15, 0.2) is 0 Å². The van der Waals surface area contributed by atoms with Crippen LogP contribution < -0.4 is 10.6 Å². The van der Waals surface area contributed by atoms with E-state index in [0.717, 1.165) is 31.8 Å². The molecular weight excluding hydrogens is 370 g/mol. The molecular formula is C21H33N5O3. The smallest absolute Gasteiger partial charge is 0.222 e. The van der Waals surface area contributed by atoms with Crippen molar-refractivity contribution in [1.82, 2.24) is 25.1 Å². The fourth-order valence-electron chi connectivity index (χ4n) is 4.84. The van der Waals surface area contributed by atoms with E-state index in [0.29, 0.717) is 25.5 Å². The number of rotatable bonds is 8. The number of carbonyl (C=O) groups excluding carboxylic acids is 2. The number of aryl methyl sites for hydroxylation is 1. The number of likely N-dealkylation sites (tertiary alicyclic amines) is 1. The average molecular weight is 404 g/mol. The van der Waals surface area contributed by atoms with Crippen molar-refractivity contribution in [2.75, 3.05) is 13.2 Å². The normalized spacial score (nSPS) is 29.2. The first-order chi connectivity index (χ1) is 13.9. The summed E-state index contributed by atoms with van der Waals surface area (Å²) in [6, 6.07) is 0.710. The molecule has 0 spiro atoms. The molecule has 29 heavy (non-hydrogen) atoms. The van der Waals surface area contributed by atoms with Gasteiger partial charge >= 0.3 is 0 Å². The van der Waals surface area contributed by atoms with E-state index >= 15 is 0 Å². The molecule has 2 N–H and O–H groups in total. The van der Waals surface area contributed by atoms with Crippen molar-refractivity contribution < 1.29 is 14.3 Å². The summed E-state index contributed by atoms with van der Waals surface area (Å²) in [6.45, 7) is 6.11. The molecule has 0 bridgehead atoms. The highest BCUT2D eigenvalue weighted by Gasteiger charge is 2.51. The second-order valence-electron chi connectivity index (χ2n) is 9.13. The summed E-state index contributed by atoms with van der Waals surface area (Å²) in [5, 5.41) is 6.09. The number of imidazole rings is 1. The van der Waals surface area contributed by atoms with Gasteiger partial charge in [-0.15, -0.1) is 0 Å². The van der Waals surface area contributed by atoms with Crippen LogP contribution in [0, 0.1) is 11.8 Å². The number of hydrogen-bond donors (Lipinski definition) is 2. The van der Waals surface area contributed by atoms with Gasteiger partial charge in [0.2, 0.25) is 11.8 Å². The lowest BCUT2D eigenvalue weighted by atomic mass is 9.84. The molecule has 160 valence electrons. The standard InChI is InChI=1S/C21H33N5O3/c1-13(2)23-20(28)9-17-21-14(8-19(27)24-15-4-5-15)10-26(16(21)12-29-17)11-18-22-6-7-25(18)3/h6-7,13-17,21H,4-5,8-12H2,1-3H3,(H,23,28)(H,24,27)/t14-,16-,17+,21-/m1/s1. The van der Waals surface area contributed by atoms with Gasteiger partial charge in [0.1, 0.15) is 5.82 Å². The van der Waals surface area contributed by atoms with Crippen LogP contribution in [0.5, 0.6) is 0 Å². The average Bonchev–Trinajstić information content (AvgIpc) is 3.06. The number of carbonyl (C=O) groups is 2. The Hall–Kier alpha value is -1.93. The zero-order valence-corrected chi connectivity index (χ0v) is 17.6. The molecule has 1 aromatic heterocycles. The second-order valence-corrected chi connectivity index (χ2v) is 9.13. The Morgan fingerprint density at radius 3 is 2.72 bits per heavy atom. The Labute approximate surface area is 172 Å². The lowest BCUT2D eigenvalue weighted by molar-refractivity contribution is -0.124. The summed E-state index contributed by atoms with van der Waals surface area (Å²) in [5.74, 6) is 1.55. The molecule has 3 aliphatic rings. The van der Waals surface area contributed by atoms with Crippen LogP contribution >= 0.6 is 0 Å². The van der Waals surface area contributed by atoms with Crippen molar-refractivity contribution in [2.45, 2.75) is 70.3 Å². The molecule has 4 rings (SSSR count). The fraction of sp³-hybridized carbons (Fsp3) is 0.762. The first kappa shape index (κ1) is 20.3. The minimum atomic E-state index is -0.135. The van der Waals surface area contributed by atoms with E-state index in [2.05, 4.69) is 20.5 Å². The molecule has 2 amide bonds. The SMILES string of the molecule is CC(C)NC(=O)C[C@@H]1OC[C@@H]2[C@H]1[C@H](CC(=O)NC1CC1)CN2Cc1nccn1C. The predicted octanol–water partition coefficient (Wildman–Crippen LogP) is 0.819. The minimum absolute atomic E-state index is 0.0226. The number of nitrogens with one attached hydrogen (secondary N) is 2. The zero-order chi connectivity index (χ0) is 20.5. The van der Waals surface area contributed by atoms with Crippen LogP contribution in [0.3, 0.4) is 0 Å². The Morgan fingerprint density at radius 1 is 1.28 bits per heavy atom. The topological polar surface area (TPSA) is 88.5 Å². The number of nitrogens with zero attached hydrogens (tertiary/aromatic N) is 3. The molecule has 4 atom stereocenters. The van der Waals surface area contributed by atoms with Crippen LogP contribution in [0.4, 0.5) is 0 Å². The molecule has 8 heteroatoms. The van der Waals surface area contributed by atoms with Gasteiger partial charge < -0.3 is 19.9 Å². The summed E-state index contributed by atoms with van der Waals surface area (Å²) in [5.41, 5.74) is 0. The highest BCUT2D eigenvalue weighted by atomic mass is 16.5. The molecule has 8 nitrogen and oxygen atoms in total. The van der Waals surface area contributed by atoms with E-state index in [4.69, 9.17) is 4.74 Å². The van der Waals surface area contributed by atoms with E-state index in [1.807, 2.05) is 37.9 Å². The molecule has 3 fully saturated rings. The number of amides is 2. The van der Waals surface area contributed by atoms with Crippen molar-refractivity contribution in [3.63, 3.8) is 0 Å². The van der Waals surface area contributed by atoms with Crippen molar-refractivity contribution in [1.29, 1.82) is 0 Å². The van der Waals surface area contributed by atoms with Gasteiger partial charge in [-0.25, -0.2) is 4.98 Å². The molecule has 3 heterocycles. The molecule has 1 aliphatic carbocycles. The largest absolute Gasteiger partial charge is 0.376 e. The van der Waals surface area contributed by atoms with Crippen LogP contribution in [0.2, 0.25) is 0 Å². The van der Waals surface area contributed by atoms with Gasteiger partial charge in [-0.1, -0.05) is 0 Å². The third-order valence-electron chi connectivity index (χ3n) is 6.33. The van der Waals surface area contributed by atoms with Gasteiger partial charge in [0.05, 0.1) is 25.7 Å². The Kier molecular flexibility index (Phi) is 5.92. The molecule has 0 unspecified atom stereocenters. The minimum Gasteiger partial charge on any atom is -0.376 e. The highest BCUT2D eigenvalue weighted by molar-refractivity contribution is 5.77. The van der Waals surface area contributed by atoms with Crippen LogP contribution in [0.15, 0.2) is 12.4 Å². The van der Waals surface area contributed by atoms with Gasteiger partial charge in [0.25, 0.3) is 0 Å². The van der Waals surface area contributed by atoms with Gasteiger partial charge in [-0.05, 0) is 32.6 Å². The Bertz CT molecular complexity index is 744. The summed E-state index contributed by atoms with van der Waals surface area (Å²) in [7, 11) is 2.00. The summed E-state index contributed by atoms with van der Waals surface area (Å²) < 4.78 is 8.13. The summed E-state index contributed by atoms with van der Waals surface area (Å²) in [6.07, 6.45) is 6.67. The molecule has 2 saturated heterocycles. The van der Waals surface area contributed by atoms with Crippen molar-refractivity contribution >= 4 is 11.8 Å². The van der Waals surface area contributed by atoms with Crippen LogP contribution in [0.25, 0.3) is 0 Å². The molecule has 1 saturated carbocycles. The van der Waals surface area contributed by atoms with Crippen molar-refractivity contribution in [3.05, 3.63) is 18.2 Å². The van der Waals surface area contributed by atoms with E-state index < -0.39 is 0 Å². The Morgan fingerprint density at radius 2 is 2.07 bits per heavy atom. The van der Waals surface area contributed by atoms with Crippen LogP contribution in [-0.2, 0) is 27.9 Å². The van der Waals surface area contributed by atoms with Gasteiger partial charge in [0, 0.05) is 56.5 Å². The molecule has 2 aliphatic heterocycles. The van der Waals surface area contributed by atoms with E-state index in [9.17, 15) is 9.59 Å². The zero-order valence-electron chi connectivity index (χ0n) is 17.6. The van der Waals surface area contributed by atoms with Crippen molar-refractivity contribution in [2.24, 2.45) is 18.9 Å². The number of fused-ring (bicyclic) bond motifs is 1. The maximum atomic E-state index is 12.5. The summed E-state index contributed by atoms with van der Waals surface area (Å²) in [4.78, 5) is 31.7. The quantitative estimate of drug-likeness (QED) is 0.671. The van der Waals surface area contributed by atoms with E-state index in [-0.39, 0.29) is 41.8 Å². The third-order valence-corrected chi connectivity index (χ3v) is 6.33. The Balaban J connectivity index is 1.46. The maximum Gasteiger partial charge on any atom is 0.222 e. The molecule has 0 radical (unpaired) electrons. The number of hydrogen-bond acceptors (Lipinski definition) is 5. The number of ether oxygens (including phenoxy) is 1.